The fourth-order valence-corrected chi connectivity index (χ4v) is 6.39. The molecular formula is C25H42O4. The van der Waals surface area contributed by atoms with Crippen molar-refractivity contribution in [3.63, 3.8) is 0 Å². The maximum Gasteiger partial charge on any atom is 0.330 e. The van der Waals surface area contributed by atoms with Gasteiger partial charge in [-0.1, -0.05) is 37.5 Å². The van der Waals surface area contributed by atoms with E-state index in [1.54, 1.807) is 6.08 Å². The molecular weight excluding hydrogens is 364 g/mol. The van der Waals surface area contributed by atoms with E-state index in [1.807, 2.05) is 26.8 Å². The third-order valence-electron chi connectivity index (χ3n) is 7.80. The van der Waals surface area contributed by atoms with Crippen LogP contribution in [0.15, 0.2) is 23.3 Å². The first-order chi connectivity index (χ1) is 13.4. The molecule has 166 valence electrons. The van der Waals surface area contributed by atoms with Gasteiger partial charge < -0.3 is 14.9 Å². The first-order valence-electron chi connectivity index (χ1n) is 11.2. The lowest BCUT2D eigenvalue weighted by atomic mass is 9.45. The van der Waals surface area contributed by atoms with Crippen LogP contribution in [0.5, 0.6) is 0 Å². The standard InChI is InChI=1S/C25H42O4/c1-18(2)16-22(27)29-17-23(4)12-7-13-24(5)20(23)10-14-25(6,28)21(24)9-8-19(3)11-15-26/h11,16,20-21,26,28H,7-10,12-15,17H2,1-6H3/b19-11+/t20-,21+,23-,24-,25+/m1/s1. The number of allylic oxidation sites excluding steroid dienone is 2. The number of carbonyl (C=O) groups is 1. The predicted octanol–water partition coefficient (Wildman–Crippen LogP) is 5.19. The Labute approximate surface area is 177 Å². The Kier molecular flexibility index (Phi) is 7.78. The van der Waals surface area contributed by atoms with Gasteiger partial charge in [-0.05, 0) is 83.5 Å². The van der Waals surface area contributed by atoms with Crippen LogP contribution in [0.2, 0.25) is 0 Å². The Morgan fingerprint density at radius 3 is 2.45 bits per heavy atom. The molecule has 0 heterocycles. The topological polar surface area (TPSA) is 66.8 Å². The highest BCUT2D eigenvalue weighted by molar-refractivity contribution is 5.82. The molecule has 5 atom stereocenters. The minimum absolute atomic E-state index is 0.0250. The molecule has 2 aliphatic rings. The fraction of sp³-hybridized carbons (Fsp3) is 0.800. The number of rotatable bonds is 7. The summed E-state index contributed by atoms with van der Waals surface area (Å²) in [4.78, 5) is 12.1. The lowest BCUT2D eigenvalue weighted by molar-refractivity contribution is -0.185. The van der Waals surface area contributed by atoms with E-state index in [4.69, 9.17) is 4.74 Å². The Balaban J connectivity index is 2.23. The van der Waals surface area contributed by atoms with E-state index in [2.05, 4.69) is 20.8 Å². The van der Waals surface area contributed by atoms with Crippen LogP contribution in [0, 0.1) is 22.7 Å². The minimum atomic E-state index is -0.679. The molecule has 4 nitrogen and oxygen atoms in total. The molecule has 0 aromatic carbocycles. The first-order valence-corrected chi connectivity index (χ1v) is 11.2. The third-order valence-corrected chi connectivity index (χ3v) is 7.80. The number of fused-ring (bicyclic) bond motifs is 1. The van der Waals surface area contributed by atoms with Gasteiger partial charge in [0.15, 0.2) is 0 Å². The molecule has 0 bridgehead atoms. The van der Waals surface area contributed by atoms with Crippen LogP contribution < -0.4 is 0 Å². The summed E-state index contributed by atoms with van der Waals surface area (Å²) in [6.07, 6.45) is 10.3. The van der Waals surface area contributed by atoms with Gasteiger partial charge in [-0.15, -0.1) is 0 Å². The third kappa shape index (κ3) is 5.52. The molecule has 2 fully saturated rings. The summed E-state index contributed by atoms with van der Waals surface area (Å²) in [6, 6.07) is 0. The van der Waals surface area contributed by atoms with E-state index >= 15 is 0 Å². The molecule has 0 aliphatic heterocycles. The van der Waals surface area contributed by atoms with Crippen molar-refractivity contribution in [2.75, 3.05) is 13.2 Å². The van der Waals surface area contributed by atoms with E-state index in [9.17, 15) is 15.0 Å². The summed E-state index contributed by atoms with van der Waals surface area (Å²) in [6.45, 7) is 13.0. The number of hydrogen-bond donors (Lipinski definition) is 2. The van der Waals surface area contributed by atoms with Crippen molar-refractivity contribution in [1.29, 1.82) is 0 Å². The van der Waals surface area contributed by atoms with Crippen molar-refractivity contribution in [2.45, 2.75) is 92.1 Å². The van der Waals surface area contributed by atoms with Crippen LogP contribution >= 0.6 is 0 Å². The predicted molar refractivity (Wildman–Crippen MR) is 117 cm³/mol. The van der Waals surface area contributed by atoms with Crippen LogP contribution in [0.25, 0.3) is 0 Å². The van der Waals surface area contributed by atoms with Gasteiger partial charge in [0.05, 0.1) is 18.8 Å². The molecule has 29 heavy (non-hydrogen) atoms. The van der Waals surface area contributed by atoms with Gasteiger partial charge in [-0.3, -0.25) is 0 Å². The van der Waals surface area contributed by atoms with Gasteiger partial charge >= 0.3 is 5.97 Å². The second-order valence-electron chi connectivity index (χ2n) is 10.6. The number of hydrogen-bond acceptors (Lipinski definition) is 4. The van der Waals surface area contributed by atoms with Crippen molar-refractivity contribution in [3.05, 3.63) is 23.3 Å². The Morgan fingerprint density at radius 2 is 1.83 bits per heavy atom. The smallest absolute Gasteiger partial charge is 0.330 e. The van der Waals surface area contributed by atoms with E-state index < -0.39 is 5.60 Å². The van der Waals surface area contributed by atoms with Crippen molar-refractivity contribution in [1.82, 2.24) is 0 Å². The fourth-order valence-electron chi connectivity index (χ4n) is 6.39. The molecule has 0 saturated heterocycles. The number of esters is 1. The average Bonchev–Trinajstić information content (AvgIpc) is 2.58. The summed E-state index contributed by atoms with van der Waals surface area (Å²) >= 11 is 0. The molecule has 0 radical (unpaired) electrons. The highest BCUT2D eigenvalue weighted by atomic mass is 16.5. The quantitative estimate of drug-likeness (QED) is 0.347. The zero-order valence-electron chi connectivity index (χ0n) is 19.4. The molecule has 2 rings (SSSR count). The van der Waals surface area contributed by atoms with E-state index in [-0.39, 0.29) is 29.3 Å². The van der Waals surface area contributed by atoms with Crippen LogP contribution in [-0.4, -0.2) is 35.0 Å². The molecule has 0 unspecified atom stereocenters. The summed E-state index contributed by atoms with van der Waals surface area (Å²) in [7, 11) is 0. The Hall–Kier alpha value is -1.13. The van der Waals surface area contributed by atoms with Gasteiger partial charge in [-0.25, -0.2) is 4.79 Å². The van der Waals surface area contributed by atoms with Crippen LogP contribution in [0.1, 0.15) is 86.5 Å². The van der Waals surface area contributed by atoms with E-state index in [0.717, 1.165) is 50.5 Å². The van der Waals surface area contributed by atoms with Gasteiger partial charge in [-0.2, -0.15) is 0 Å². The van der Waals surface area contributed by atoms with Crippen LogP contribution in [-0.2, 0) is 9.53 Å². The molecule has 2 N–H and O–H groups in total. The number of ether oxygens (including phenoxy) is 1. The largest absolute Gasteiger partial charge is 0.462 e. The second kappa shape index (κ2) is 9.34. The maximum absolute atomic E-state index is 12.1. The summed E-state index contributed by atoms with van der Waals surface area (Å²) < 4.78 is 5.69. The molecule has 2 aliphatic carbocycles. The minimum Gasteiger partial charge on any atom is -0.462 e. The first kappa shape index (κ1) is 24.1. The van der Waals surface area contributed by atoms with Gasteiger partial charge in [0.2, 0.25) is 0 Å². The van der Waals surface area contributed by atoms with Crippen molar-refractivity contribution in [2.24, 2.45) is 22.7 Å². The number of aliphatic hydroxyl groups is 2. The van der Waals surface area contributed by atoms with Crippen LogP contribution in [0.4, 0.5) is 0 Å². The van der Waals surface area contributed by atoms with Crippen molar-refractivity contribution in [3.8, 4) is 0 Å². The highest BCUT2D eigenvalue weighted by Crippen LogP contribution is 2.63. The van der Waals surface area contributed by atoms with Crippen LogP contribution in [0.3, 0.4) is 0 Å². The normalized spacial score (nSPS) is 37.6. The molecule has 0 spiro atoms. The zero-order valence-corrected chi connectivity index (χ0v) is 19.4. The zero-order chi connectivity index (χ0) is 21.9. The molecule has 0 aromatic rings. The number of carbonyl (C=O) groups excluding carboxylic acids is 1. The molecule has 0 aromatic heterocycles. The lowest BCUT2D eigenvalue weighted by Gasteiger charge is -2.61. The van der Waals surface area contributed by atoms with Crippen molar-refractivity contribution < 1.29 is 19.7 Å². The molecule has 4 heteroatoms. The number of aliphatic hydroxyl groups excluding tert-OH is 1. The van der Waals surface area contributed by atoms with Gasteiger partial charge in [0, 0.05) is 11.5 Å². The highest BCUT2D eigenvalue weighted by Gasteiger charge is 2.59. The summed E-state index contributed by atoms with van der Waals surface area (Å²) in [5, 5.41) is 20.5. The summed E-state index contributed by atoms with van der Waals surface area (Å²) in [5.74, 6) is 0.377. The van der Waals surface area contributed by atoms with E-state index in [0.29, 0.717) is 12.5 Å². The van der Waals surface area contributed by atoms with Gasteiger partial charge in [0.1, 0.15) is 0 Å². The maximum atomic E-state index is 12.1. The SMILES string of the molecule is CC(C)=CC(=O)OC[C@@]1(C)CCC[C@]2(C)[C@@H]1CC[C@](C)(O)[C@H]2CC/C(C)=C/CO. The molecule has 2 saturated carbocycles. The lowest BCUT2D eigenvalue weighted by Crippen LogP contribution is -2.59. The monoisotopic (exact) mass is 406 g/mol. The molecule has 0 amide bonds. The average molecular weight is 407 g/mol. The summed E-state index contributed by atoms with van der Waals surface area (Å²) in [5.41, 5.74) is 1.43. The van der Waals surface area contributed by atoms with Gasteiger partial charge in [0.25, 0.3) is 0 Å². The van der Waals surface area contributed by atoms with E-state index in [1.165, 1.54) is 5.57 Å². The second-order valence-corrected chi connectivity index (χ2v) is 10.6. The Morgan fingerprint density at radius 1 is 1.14 bits per heavy atom. The van der Waals surface area contributed by atoms with Crippen molar-refractivity contribution >= 4 is 5.97 Å². The Bertz CT molecular complexity index is 643.